The van der Waals surface area contributed by atoms with E-state index in [0.717, 1.165) is 38.8 Å². The number of nitriles is 1. The van der Waals surface area contributed by atoms with Crippen LogP contribution < -0.4 is 0 Å². The first kappa shape index (κ1) is 17.3. The highest BCUT2D eigenvalue weighted by Gasteiger charge is 2.17. The number of fused-ring (bicyclic) bond motifs is 1. The molecule has 27 heavy (non-hydrogen) atoms. The molecule has 0 spiro atoms. The van der Waals surface area contributed by atoms with Crippen LogP contribution in [0.1, 0.15) is 22.8 Å². The lowest BCUT2D eigenvalue weighted by molar-refractivity contribution is 0.828. The summed E-state index contributed by atoms with van der Waals surface area (Å²) in [5, 5.41) is 16.2. The molecule has 0 aliphatic rings. The SMILES string of the molecule is Cc1nc(SCc2c(C#N)c(C)nn2-c2ccccc2)c2ccccc2n1. The van der Waals surface area contributed by atoms with Gasteiger partial charge in [-0.1, -0.05) is 48.2 Å². The summed E-state index contributed by atoms with van der Waals surface area (Å²) in [6.07, 6.45) is 0. The summed E-state index contributed by atoms with van der Waals surface area (Å²) in [5.74, 6) is 1.34. The number of aryl methyl sites for hydroxylation is 2. The zero-order valence-electron chi connectivity index (χ0n) is 15.0. The molecule has 6 heteroatoms. The molecule has 0 N–H and O–H groups in total. The number of hydrogen-bond acceptors (Lipinski definition) is 5. The quantitative estimate of drug-likeness (QED) is 0.387. The fourth-order valence-electron chi connectivity index (χ4n) is 3.04. The molecule has 0 unspecified atom stereocenters. The van der Waals surface area contributed by atoms with Gasteiger partial charge in [-0.3, -0.25) is 0 Å². The first-order chi connectivity index (χ1) is 13.2. The molecule has 4 aromatic rings. The molecule has 2 heterocycles. The van der Waals surface area contributed by atoms with Gasteiger partial charge in [-0.2, -0.15) is 10.4 Å². The van der Waals surface area contributed by atoms with Crippen LogP contribution in [0.3, 0.4) is 0 Å². The van der Waals surface area contributed by atoms with E-state index >= 15 is 0 Å². The van der Waals surface area contributed by atoms with Gasteiger partial charge in [-0.05, 0) is 32.0 Å². The molecule has 2 aromatic heterocycles. The number of benzene rings is 2. The molecule has 0 aliphatic carbocycles. The Morgan fingerprint density at radius 2 is 1.74 bits per heavy atom. The van der Waals surface area contributed by atoms with Crippen LogP contribution in [0.5, 0.6) is 0 Å². The fourth-order valence-corrected chi connectivity index (χ4v) is 4.11. The Morgan fingerprint density at radius 3 is 2.52 bits per heavy atom. The van der Waals surface area contributed by atoms with Gasteiger partial charge >= 0.3 is 0 Å². The second-order valence-corrected chi connectivity index (χ2v) is 7.11. The van der Waals surface area contributed by atoms with Crippen molar-refractivity contribution in [1.82, 2.24) is 19.7 Å². The molecule has 0 saturated heterocycles. The molecule has 4 rings (SSSR count). The zero-order chi connectivity index (χ0) is 18.8. The van der Waals surface area contributed by atoms with Crippen LogP contribution >= 0.6 is 11.8 Å². The molecule has 0 amide bonds. The van der Waals surface area contributed by atoms with Crippen molar-refractivity contribution < 1.29 is 0 Å². The van der Waals surface area contributed by atoms with Gasteiger partial charge in [0.15, 0.2) is 0 Å². The normalized spacial score (nSPS) is 10.9. The third-order valence-electron chi connectivity index (χ3n) is 4.29. The van der Waals surface area contributed by atoms with Gasteiger partial charge in [0.25, 0.3) is 0 Å². The van der Waals surface area contributed by atoms with Gasteiger partial charge in [0, 0.05) is 11.1 Å². The highest BCUT2D eigenvalue weighted by Crippen LogP contribution is 2.30. The second-order valence-electron chi connectivity index (χ2n) is 6.15. The Morgan fingerprint density at radius 1 is 1.00 bits per heavy atom. The third-order valence-corrected chi connectivity index (χ3v) is 5.30. The summed E-state index contributed by atoms with van der Waals surface area (Å²) >= 11 is 1.61. The average Bonchev–Trinajstić information content (AvgIpc) is 3.02. The fraction of sp³-hybridized carbons (Fsp3) is 0.143. The monoisotopic (exact) mass is 371 g/mol. The predicted octanol–water partition coefficient (Wildman–Crippen LogP) is 4.60. The maximum absolute atomic E-state index is 9.63. The molecule has 0 radical (unpaired) electrons. The zero-order valence-corrected chi connectivity index (χ0v) is 15.9. The van der Waals surface area contributed by atoms with E-state index in [0.29, 0.717) is 11.3 Å². The Bertz CT molecular complexity index is 1160. The van der Waals surface area contributed by atoms with Crippen molar-refractivity contribution in [3.63, 3.8) is 0 Å². The van der Waals surface area contributed by atoms with Crippen LogP contribution in [0.25, 0.3) is 16.6 Å². The van der Waals surface area contributed by atoms with E-state index in [1.165, 1.54) is 0 Å². The van der Waals surface area contributed by atoms with Gasteiger partial charge in [-0.25, -0.2) is 14.6 Å². The Kier molecular flexibility index (Phi) is 4.61. The number of hydrogen-bond donors (Lipinski definition) is 0. The van der Waals surface area contributed by atoms with Gasteiger partial charge in [0.2, 0.25) is 0 Å². The predicted molar refractivity (Wildman–Crippen MR) is 107 cm³/mol. The first-order valence-corrected chi connectivity index (χ1v) is 9.56. The van der Waals surface area contributed by atoms with E-state index < -0.39 is 0 Å². The topological polar surface area (TPSA) is 67.4 Å². The van der Waals surface area contributed by atoms with E-state index in [-0.39, 0.29) is 0 Å². The van der Waals surface area contributed by atoms with Crippen molar-refractivity contribution in [2.24, 2.45) is 0 Å². The summed E-state index contributed by atoms with van der Waals surface area (Å²) in [6.45, 7) is 3.77. The van der Waals surface area contributed by atoms with Crippen LogP contribution in [0.2, 0.25) is 0 Å². The van der Waals surface area contributed by atoms with E-state index in [1.54, 1.807) is 11.8 Å². The number of para-hydroxylation sites is 2. The number of nitrogens with zero attached hydrogens (tertiary/aromatic N) is 5. The van der Waals surface area contributed by atoms with E-state index in [9.17, 15) is 5.26 Å². The van der Waals surface area contributed by atoms with E-state index in [2.05, 4.69) is 21.1 Å². The summed E-state index contributed by atoms with van der Waals surface area (Å²) < 4.78 is 1.86. The summed E-state index contributed by atoms with van der Waals surface area (Å²) in [6, 6.07) is 20.2. The minimum atomic E-state index is 0.596. The van der Waals surface area contributed by atoms with E-state index in [1.807, 2.05) is 73.1 Å². The highest BCUT2D eigenvalue weighted by atomic mass is 32.2. The smallest absolute Gasteiger partial charge is 0.127 e. The van der Waals surface area contributed by atoms with Crippen molar-refractivity contribution in [3.05, 3.63) is 77.4 Å². The Balaban J connectivity index is 1.75. The van der Waals surface area contributed by atoms with Gasteiger partial charge in [0.1, 0.15) is 16.9 Å². The summed E-state index contributed by atoms with van der Waals surface area (Å²) in [5.41, 5.74) is 4.12. The van der Waals surface area contributed by atoms with Crippen molar-refractivity contribution in [3.8, 4) is 11.8 Å². The van der Waals surface area contributed by atoms with Crippen LogP contribution in [-0.2, 0) is 5.75 Å². The average molecular weight is 371 g/mol. The molecular weight excluding hydrogens is 354 g/mol. The second kappa shape index (κ2) is 7.22. The molecule has 0 aliphatic heterocycles. The number of rotatable bonds is 4. The molecule has 0 bridgehead atoms. The van der Waals surface area contributed by atoms with Crippen LogP contribution in [0.4, 0.5) is 0 Å². The van der Waals surface area contributed by atoms with Crippen molar-refractivity contribution in [1.29, 1.82) is 5.26 Å². The molecule has 0 saturated carbocycles. The lowest BCUT2D eigenvalue weighted by Gasteiger charge is -2.09. The maximum atomic E-state index is 9.63. The van der Waals surface area contributed by atoms with Crippen LogP contribution in [0, 0.1) is 25.2 Å². The Labute approximate surface area is 161 Å². The van der Waals surface area contributed by atoms with E-state index in [4.69, 9.17) is 0 Å². The number of thioether (sulfide) groups is 1. The Hall–Kier alpha value is -3.17. The minimum Gasteiger partial charge on any atom is -0.235 e. The minimum absolute atomic E-state index is 0.596. The molecule has 0 atom stereocenters. The van der Waals surface area contributed by atoms with Gasteiger partial charge in [0.05, 0.1) is 28.2 Å². The summed E-state index contributed by atoms with van der Waals surface area (Å²) in [7, 11) is 0. The van der Waals surface area contributed by atoms with Crippen LogP contribution in [-0.4, -0.2) is 19.7 Å². The molecule has 5 nitrogen and oxygen atoms in total. The number of aromatic nitrogens is 4. The van der Waals surface area contributed by atoms with Crippen molar-refractivity contribution in [2.75, 3.05) is 0 Å². The lowest BCUT2D eigenvalue weighted by Crippen LogP contribution is -2.02. The van der Waals surface area contributed by atoms with Crippen molar-refractivity contribution >= 4 is 22.7 Å². The third kappa shape index (κ3) is 3.29. The molecular formula is C21H17N5S. The standard InChI is InChI=1S/C21H17N5S/c1-14-18(12-22)20(26(25-14)16-8-4-3-5-9-16)13-27-21-17-10-6-7-11-19(17)23-15(2)24-21/h3-11H,13H2,1-2H3. The first-order valence-electron chi connectivity index (χ1n) is 8.57. The maximum Gasteiger partial charge on any atom is 0.127 e. The van der Waals surface area contributed by atoms with Gasteiger partial charge < -0.3 is 0 Å². The molecule has 0 fully saturated rings. The highest BCUT2D eigenvalue weighted by molar-refractivity contribution is 7.98. The largest absolute Gasteiger partial charge is 0.235 e. The summed E-state index contributed by atoms with van der Waals surface area (Å²) in [4.78, 5) is 9.12. The molecule has 2 aromatic carbocycles. The lowest BCUT2D eigenvalue weighted by atomic mass is 10.2. The van der Waals surface area contributed by atoms with Crippen LogP contribution in [0.15, 0.2) is 59.6 Å². The van der Waals surface area contributed by atoms with Gasteiger partial charge in [-0.15, -0.1) is 0 Å². The molecule has 132 valence electrons. The van der Waals surface area contributed by atoms with Crippen molar-refractivity contribution in [2.45, 2.75) is 24.6 Å².